The molecule has 2 N–H and O–H groups in total. The Kier molecular flexibility index (Phi) is 3.98. The number of hydrogen-bond acceptors (Lipinski definition) is 4. The third kappa shape index (κ3) is 2.63. The number of ether oxygens (including phenoxy) is 1. The fourth-order valence-corrected chi connectivity index (χ4v) is 2.80. The number of carbonyl (C=O) groups is 1. The molecule has 0 aromatic heterocycles. The Labute approximate surface area is 128 Å². The Bertz CT molecular complexity index is 659. The Morgan fingerprint density at radius 1 is 1.09 bits per heavy atom. The van der Waals surface area contributed by atoms with E-state index >= 15 is 0 Å². The zero-order valence-electron chi connectivity index (χ0n) is 11.9. The lowest BCUT2D eigenvalue weighted by Gasteiger charge is -2.39. The van der Waals surface area contributed by atoms with E-state index < -0.39 is 18.1 Å². The minimum atomic E-state index is -1.52. The molecule has 1 aliphatic heterocycles. The summed E-state index contributed by atoms with van der Waals surface area (Å²) in [7, 11) is 0. The van der Waals surface area contributed by atoms with E-state index in [4.69, 9.17) is 4.74 Å². The summed E-state index contributed by atoms with van der Waals surface area (Å²) in [5.41, 5.74) is 1.55. The predicted octanol–water partition coefficient (Wildman–Crippen LogP) is 2.07. The van der Waals surface area contributed by atoms with Gasteiger partial charge >= 0.3 is 5.97 Å². The highest BCUT2D eigenvalue weighted by atomic mass is 16.5. The van der Waals surface area contributed by atoms with Gasteiger partial charge in [0.15, 0.2) is 6.10 Å². The maximum absolute atomic E-state index is 11.4. The van der Waals surface area contributed by atoms with Gasteiger partial charge in [-0.3, -0.25) is 0 Å². The third-order valence-electron chi connectivity index (χ3n) is 3.79. The molecule has 5 nitrogen and oxygen atoms in total. The number of carboxylic acids is 1. The Morgan fingerprint density at radius 3 is 2.50 bits per heavy atom. The van der Waals surface area contributed by atoms with Crippen molar-refractivity contribution in [2.75, 3.05) is 18.1 Å². The lowest BCUT2D eigenvalue weighted by atomic mass is 9.98. The molecule has 1 heterocycles. The highest BCUT2D eigenvalue weighted by Crippen LogP contribution is 2.38. The first-order valence-electron chi connectivity index (χ1n) is 7.13. The zero-order chi connectivity index (χ0) is 15.5. The van der Waals surface area contributed by atoms with E-state index in [2.05, 4.69) is 0 Å². The maximum Gasteiger partial charge on any atom is 0.335 e. The van der Waals surface area contributed by atoms with E-state index in [1.54, 1.807) is 0 Å². The second kappa shape index (κ2) is 6.07. The molecule has 0 fully saturated rings. The van der Waals surface area contributed by atoms with Crippen molar-refractivity contribution in [1.82, 2.24) is 0 Å². The molecule has 2 aromatic rings. The number of aliphatic carboxylic acids is 1. The van der Waals surface area contributed by atoms with Crippen molar-refractivity contribution in [3.63, 3.8) is 0 Å². The normalized spacial score (nSPS) is 16.3. The molecule has 0 amide bonds. The van der Waals surface area contributed by atoms with Gasteiger partial charge in [-0.1, -0.05) is 42.5 Å². The van der Waals surface area contributed by atoms with Crippen LogP contribution in [0, 0.1) is 0 Å². The minimum Gasteiger partial charge on any atom is -0.490 e. The van der Waals surface area contributed by atoms with Gasteiger partial charge in [-0.25, -0.2) is 4.79 Å². The molecule has 0 aliphatic carbocycles. The molecule has 0 spiro atoms. The zero-order valence-corrected chi connectivity index (χ0v) is 11.9. The third-order valence-corrected chi connectivity index (χ3v) is 3.79. The molecule has 3 rings (SSSR count). The van der Waals surface area contributed by atoms with Crippen LogP contribution in [0.1, 0.15) is 11.6 Å². The summed E-state index contributed by atoms with van der Waals surface area (Å²) in [4.78, 5) is 13.3. The topological polar surface area (TPSA) is 70.0 Å². The van der Waals surface area contributed by atoms with Crippen LogP contribution in [0.2, 0.25) is 0 Å². The second-order valence-corrected chi connectivity index (χ2v) is 5.15. The SMILES string of the molecule is O=C(O)C(O)C(c1ccccc1)N1CCOc2ccccc21. The van der Waals surface area contributed by atoms with Gasteiger partial charge < -0.3 is 19.8 Å². The first kappa shape index (κ1) is 14.4. The number of aliphatic hydroxyl groups excluding tert-OH is 1. The monoisotopic (exact) mass is 299 g/mol. The van der Waals surface area contributed by atoms with Crippen LogP contribution in [-0.4, -0.2) is 35.4 Å². The minimum absolute atomic E-state index is 0.451. The van der Waals surface area contributed by atoms with Gasteiger partial charge in [-0.2, -0.15) is 0 Å². The summed E-state index contributed by atoms with van der Waals surface area (Å²) >= 11 is 0. The molecule has 22 heavy (non-hydrogen) atoms. The van der Waals surface area contributed by atoms with Crippen LogP contribution in [0.25, 0.3) is 0 Å². The molecular weight excluding hydrogens is 282 g/mol. The second-order valence-electron chi connectivity index (χ2n) is 5.15. The Balaban J connectivity index is 2.06. The molecule has 0 radical (unpaired) electrons. The van der Waals surface area contributed by atoms with E-state index in [1.807, 2.05) is 59.5 Å². The fraction of sp³-hybridized carbons (Fsp3) is 0.235. The number of fused-ring (bicyclic) bond motifs is 1. The number of nitrogens with zero attached hydrogens (tertiary/aromatic N) is 1. The highest BCUT2D eigenvalue weighted by molar-refractivity contribution is 5.75. The van der Waals surface area contributed by atoms with Crippen LogP contribution < -0.4 is 9.64 Å². The lowest BCUT2D eigenvalue weighted by molar-refractivity contribution is -0.147. The van der Waals surface area contributed by atoms with Crippen LogP contribution in [-0.2, 0) is 4.79 Å². The lowest BCUT2D eigenvalue weighted by Crippen LogP contribution is -2.44. The van der Waals surface area contributed by atoms with E-state index in [0.29, 0.717) is 18.9 Å². The quantitative estimate of drug-likeness (QED) is 0.904. The number of aliphatic hydroxyl groups is 1. The van der Waals surface area contributed by atoms with Gasteiger partial charge in [-0.05, 0) is 17.7 Å². The summed E-state index contributed by atoms with van der Waals surface area (Å²) in [5, 5.41) is 19.5. The van der Waals surface area contributed by atoms with Crippen LogP contribution >= 0.6 is 0 Å². The van der Waals surface area contributed by atoms with Crippen molar-refractivity contribution in [3.05, 3.63) is 60.2 Å². The molecule has 0 bridgehead atoms. The smallest absolute Gasteiger partial charge is 0.335 e. The van der Waals surface area contributed by atoms with Crippen LogP contribution in [0.4, 0.5) is 5.69 Å². The van der Waals surface area contributed by atoms with Crippen molar-refractivity contribution < 1.29 is 19.7 Å². The Hall–Kier alpha value is -2.53. The molecule has 0 saturated heterocycles. The molecule has 5 heteroatoms. The average Bonchev–Trinajstić information content (AvgIpc) is 2.56. The van der Waals surface area contributed by atoms with E-state index in [0.717, 1.165) is 11.3 Å². The summed E-state index contributed by atoms with van der Waals surface area (Å²) in [6, 6.07) is 16.0. The van der Waals surface area contributed by atoms with Crippen LogP contribution in [0.5, 0.6) is 5.75 Å². The molecule has 1 aliphatic rings. The van der Waals surface area contributed by atoms with Gasteiger partial charge in [0.05, 0.1) is 18.3 Å². The predicted molar refractivity (Wildman–Crippen MR) is 82.1 cm³/mol. The number of para-hydroxylation sites is 2. The number of anilines is 1. The van der Waals surface area contributed by atoms with Gasteiger partial charge in [0, 0.05) is 0 Å². The average molecular weight is 299 g/mol. The van der Waals surface area contributed by atoms with Crippen molar-refractivity contribution >= 4 is 11.7 Å². The summed E-state index contributed by atoms with van der Waals surface area (Å²) in [5.74, 6) is -0.537. The molecule has 2 unspecified atom stereocenters. The van der Waals surface area contributed by atoms with Gasteiger partial charge in [0.1, 0.15) is 12.4 Å². The van der Waals surface area contributed by atoms with Crippen molar-refractivity contribution in [2.45, 2.75) is 12.1 Å². The number of rotatable bonds is 4. The van der Waals surface area contributed by atoms with Crippen molar-refractivity contribution in [1.29, 1.82) is 0 Å². The number of carboxylic acid groups (broad SMARTS) is 1. The first-order valence-corrected chi connectivity index (χ1v) is 7.13. The van der Waals surface area contributed by atoms with Crippen LogP contribution in [0.3, 0.4) is 0 Å². The molecule has 0 saturated carbocycles. The summed E-state index contributed by atoms with van der Waals surface area (Å²) in [6.07, 6.45) is -1.52. The first-order chi connectivity index (χ1) is 10.7. The largest absolute Gasteiger partial charge is 0.490 e. The van der Waals surface area contributed by atoms with Gasteiger partial charge in [-0.15, -0.1) is 0 Å². The highest BCUT2D eigenvalue weighted by Gasteiger charge is 2.35. The van der Waals surface area contributed by atoms with Gasteiger partial charge in [0.2, 0.25) is 0 Å². The number of benzene rings is 2. The molecule has 2 atom stereocenters. The summed E-state index contributed by atoms with van der Waals surface area (Å²) < 4.78 is 5.61. The maximum atomic E-state index is 11.4. The van der Waals surface area contributed by atoms with Crippen molar-refractivity contribution in [3.8, 4) is 5.75 Å². The fourth-order valence-electron chi connectivity index (χ4n) is 2.80. The van der Waals surface area contributed by atoms with E-state index in [-0.39, 0.29) is 0 Å². The van der Waals surface area contributed by atoms with E-state index in [1.165, 1.54) is 0 Å². The number of hydrogen-bond donors (Lipinski definition) is 2. The van der Waals surface area contributed by atoms with E-state index in [9.17, 15) is 15.0 Å². The molecular formula is C17H17NO4. The molecule has 114 valence electrons. The van der Waals surface area contributed by atoms with Crippen molar-refractivity contribution in [2.24, 2.45) is 0 Å². The Morgan fingerprint density at radius 2 is 1.77 bits per heavy atom. The molecule has 2 aromatic carbocycles. The van der Waals surface area contributed by atoms with Gasteiger partial charge in [0.25, 0.3) is 0 Å². The van der Waals surface area contributed by atoms with Crippen LogP contribution in [0.15, 0.2) is 54.6 Å². The standard InChI is InChI=1S/C17H17NO4/c19-16(17(20)21)15(12-6-2-1-3-7-12)18-10-11-22-14-9-5-4-8-13(14)18/h1-9,15-16,19H,10-11H2,(H,20,21). The summed E-state index contributed by atoms with van der Waals surface area (Å²) in [6.45, 7) is 0.966.